The highest BCUT2D eigenvalue weighted by Crippen LogP contribution is 2.32. The van der Waals surface area contributed by atoms with Gasteiger partial charge in [0.2, 0.25) is 0 Å². The Hall–Kier alpha value is -3.07. The van der Waals surface area contributed by atoms with Crippen LogP contribution in [0.15, 0.2) is 35.5 Å². The Morgan fingerprint density at radius 3 is 2.79 bits per heavy atom. The Labute approximate surface area is 158 Å². The first kappa shape index (κ1) is 17.1. The third kappa shape index (κ3) is 2.70. The van der Waals surface area contributed by atoms with Crippen molar-refractivity contribution in [3.05, 3.63) is 47.0 Å². The molecule has 0 aromatic carbocycles. The number of imidazole rings is 2. The first-order valence-corrected chi connectivity index (χ1v) is 9.35. The molecule has 2 N–H and O–H groups in total. The van der Waals surface area contributed by atoms with E-state index in [9.17, 15) is 14.3 Å². The van der Waals surface area contributed by atoms with Gasteiger partial charge in [0.1, 0.15) is 22.7 Å². The van der Waals surface area contributed by atoms with E-state index in [1.54, 1.807) is 27.4 Å². The van der Waals surface area contributed by atoms with E-state index in [1.165, 1.54) is 12.3 Å². The number of aliphatic hydroxyl groups excluding tert-OH is 1. The van der Waals surface area contributed by atoms with Crippen molar-refractivity contribution in [1.29, 1.82) is 0 Å². The number of rotatable bonds is 3. The predicted molar refractivity (Wildman–Crippen MR) is 100 cm³/mol. The molecule has 0 saturated heterocycles. The van der Waals surface area contributed by atoms with Gasteiger partial charge >= 0.3 is 5.69 Å². The van der Waals surface area contributed by atoms with Gasteiger partial charge in [-0.15, -0.1) is 0 Å². The van der Waals surface area contributed by atoms with Crippen molar-refractivity contribution in [3.63, 3.8) is 0 Å². The minimum absolute atomic E-state index is 0.0337. The van der Waals surface area contributed by atoms with E-state index in [1.807, 2.05) is 0 Å². The lowest BCUT2D eigenvalue weighted by molar-refractivity contribution is 0.169. The average molecular weight is 382 g/mol. The summed E-state index contributed by atoms with van der Waals surface area (Å²) in [5.41, 5.74) is 2.04. The largest absolute Gasteiger partial charge is 0.396 e. The van der Waals surface area contributed by atoms with Crippen molar-refractivity contribution in [1.82, 2.24) is 28.9 Å². The van der Waals surface area contributed by atoms with Crippen LogP contribution in [0.2, 0.25) is 0 Å². The molecular formula is C19H19FN6O2. The van der Waals surface area contributed by atoms with Crippen LogP contribution in [-0.4, -0.2) is 40.6 Å². The molecule has 0 spiro atoms. The van der Waals surface area contributed by atoms with Crippen molar-refractivity contribution in [2.24, 2.45) is 5.92 Å². The monoisotopic (exact) mass is 382 g/mol. The molecule has 4 heterocycles. The molecule has 4 aromatic heterocycles. The maximum atomic E-state index is 13.7. The maximum Gasteiger partial charge on any atom is 0.327 e. The smallest absolute Gasteiger partial charge is 0.327 e. The molecule has 0 atom stereocenters. The standard InChI is InChI=1S/C19H19FN6O2/c20-12-3-6-16-21-8-15(25(16)9-12)17-22-7-14-18(24-17)26(19(28)23-14)13-4-1-11(10-27)2-5-13/h3,6-9,11,13,27H,1-2,4-5,10H2,(H,23,28)/t11-,13-. The van der Waals surface area contributed by atoms with Gasteiger partial charge in [-0.2, -0.15) is 0 Å². The number of H-pyrrole nitrogens is 1. The molecular weight excluding hydrogens is 363 g/mol. The molecule has 5 rings (SSSR count). The molecule has 1 aliphatic carbocycles. The van der Waals surface area contributed by atoms with E-state index < -0.39 is 0 Å². The summed E-state index contributed by atoms with van der Waals surface area (Å²) in [7, 11) is 0. The Balaban J connectivity index is 1.61. The van der Waals surface area contributed by atoms with Crippen LogP contribution in [0.3, 0.4) is 0 Å². The molecule has 0 unspecified atom stereocenters. The molecule has 0 aliphatic heterocycles. The summed E-state index contributed by atoms with van der Waals surface area (Å²) >= 11 is 0. The number of hydrogen-bond acceptors (Lipinski definition) is 5. The second-order valence-electron chi connectivity index (χ2n) is 7.31. The Kier molecular flexibility index (Phi) is 3.97. The Bertz CT molecular complexity index is 1220. The highest BCUT2D eigenvalue weighted by atomic mass is 19.1. The summed E-state index contributed by atoms with van der Waals surface area (Å²) in [4.78, 5) is 28.6. The fourth-order valence-corrected chi connectivity index (χ4v) is 4.08. The number of aromatic nitrogens is 6. The number of halogens is 1. The van der Waals surface area contributed by atoms with Gasteiger partial charge in [0.15, 0.2) is 11.5 Å². The van der Waals surface area contributed by atoms with Gasteiger partial charge in [-0.05, 0) is 43.7 Å². The molecule has 144 valence electrons. The number of fused-ring (bicyclic) bond motifs is 2. The molecule has 4 aromatic rings. The van der Waals surface area contributed by atoms with Crippen molar-refractivity contribution < 1.29 is 9.50 Å². The van der Waals surface area contributed by atoms with Crippen LogP contribution >= 0.6 is 0 Å². The van der Waals surface area contributed by atoms with Gasteiger partial charge in [-0.25, -0.2) is 24.1 Å². The molecule has 8 nitrogen and oxygen atoms in total. The second kappa shape index (κ2) is 6.52. The Morgan fingerprint density at radius 2 is 2.00 bits per heavy atom. The zero-order valence-corrected chi connectivity index (χ0v) is 15.0. The minimum Gasteiger partial charge on any atom is -0.396 e. The number of nitrogens with one attached hydrogen (secondary N) is 1. The van der Waals surface area contributed by atoms with Crippen LogP contribution in [0.25, 0.3) is 28.3 Å². The highest BCUT2D eigenvalue weighted by molar-refractivity contribution is 5.72. The van der Waals surface area contributed by atoms with Gasteiger partial charge in [-0.1, -0.05) is 0 Å². The number of pyridine rings is 1. The SMILES string of the molecule is O=c1[nH]c2cnc(-c3cnc4ccc(F)cn34)nc2n1[C@H]1CC[C@H](CO)CC1. The van der Waals surface area contributed by atoms with E-state index in [4.69, 9.17) is 0 Å². The van der Waals surface area contributed by atoms with Crippen molar-refractivity contribution in [2.75, 3.05) is 6.61 Å². The molecule has 28 heavy (non-hydrogen) atoms. The predicted octanol–water partition coefficient (Wildman–Crippen LogP) is 2.30. The summed E-state index contributed by atoms with van der Waals surface area (Å²) in [5, 5.41) is 9.35. The van der Waals surface area contributed by atoms with E-state index in [0.29, 0.717) is 34.2 Å². The third-order valence-corrected chi connectivity index (χ3v) is 5.60. The van der Waals surface area contributed by atoms with Crippen LogP contribution in [-0.2, 0) is 0 Å². The minimum atomic E-state index is -0.382. The van der Waals surface area contributed by atoms with Crippen LogP contribution in [0, 0.1) is 11.7 Å². The summed E-state index contributed by atoms with van der Waals surface area (Å²) in [6.07, 6.45) is 7.91. The van der Waals surface area contributed by atoms with Gasteiger partial charge in [0, 0.05) is 18.8 Å². The number of aliphatic hydroxyl groups is 1. The summed E-state index contributed by atoms with van der Waals surface area (Å²) in [6.45, 7) is 0.187. The fraction of sp³-hybridized carbons (Fsp3) is 0.368. The van der Waals surface area contributed by atoms with Crippen molar-refractivity contribution >= 4 is 16.8 Å². The van der Waals surface area contributed by atoms with Gasteiger partial charge in [-0.3, -0.25) is 8.97 Å². The summed E-state index contributed by atoms with van der Waals surface area (Å²) in [5.74, 6) is 0.296. The lowest BCUT2D eigenvalue weighted by Crippen LogP contribution is -2.27. The van der Waals surface area contributed by atoms with Crippen LogP contribution in [0.1, 0.15) is 31.7 Å². The van der Waals surface area contributed by atoms with E-state index in [0.717, 1.165) is 25.7 Å². The molecule has 1 aliphatic rings. The molecule has 1 saturated carbocycles. The van der Waals surface area contributed by atoms with Gasteiger partial charge in [0.25, 0.3) is 0 Å². The first-order valence-electron chi connectivity index (χ1n) is 9.35. The fourth-order valence-electron chi connectivity index (χ4n) is 4.08. The van der Waals surface area contributed by atoms with Crippen LogP contribution < -0.4 is 5.69 Å². The van der Waals surface area contributed by atoms with Crippen LogP contribution in [0.4, 0.5) is 4.39 Å². The van der Waals surface area contributed by atoms with E-state index >= 15 is 0 Å². The van der Waals surface area contributed by atoms with Crippen molar-refractivity contribution in [2.45, 2.75) is 31.7 Å². The molecule has 0 bridgehead atoms. The highest BCUT2D eigenvalue weighted by Gasteiger charge is 2.25. The normalized spacial score (nSPS) is 20.2. The Morgan fingerprint density at radius 1 is 1.18 bits per heavy atom. The quantitative estimate of drug-likeness (QED) is 0.566. The second-order valence-corrected chi connectivity index (χ2v) is 7.31. The van der Waals surface area contributed by atoms with Crippen LogP contribution in [0.5, 0.6) is 0 Å². The summed E-state index contributed by atoms with van der Waals surface area (Å²) < 4.78 is 17.0. The molecule has 0 radical (unpaired) electrons. The first-order chi connectivity index (χ1) is 13.6. The summed E-state index contributed by atoms with van der Waals surface area (Å²) in [6, 6.07) is 2.97. The average Bonchev–Trinajstić information content (AvgIpc) is 3.27. The van der Waals surface area contributed by atoms with Crippen molar-refractivity contribution in [3.8, 4) is 11.5 Å². The zero-order valence-electron chi connectivity index (χ0n) is 15.0. The number of hydrogen-bond donors (Lipinski definition) is 2. The molecule has 1 fully saturated rings. The lowest BCUT2D eigenvalue weighted by atomic mass is 9.86. The zero-order chi connectivity index (χ0) is 19.3. The lowest BCUT2D eigenvalue weighted by Gasteiger charge is -2.27. The molecule has 9 heteroatoms. The van der Waals surface area contributed by atoms with Gasteiger partial charge < -0.3 is 10.1 Å². The van der Waals surface area contributed by atoms with E-state index in [-0.39, 0.29) is 24.2 Å². The van der Waals surface area contributed by atoms with Gasteiger partial charge in [0.05, 0.1) is 12.4 Å². The van der Waals surface area contributed by atoms with E-state index in [2.05, 4.69) is 19.9 Å². The number of nitrogens with zero attached hydrogens (tertiary/aromatic N) is 5. The number of aromatic amines is 1. The maximum absolute atomic E-state index is 13.7. The topological polar surface area (TPSA) is 101 Å². The molecule has 0 amide bonds. The third-order valence-electron chi connectivity index (χ3n) is 5.60.